The third kappa shape index (κ3) is 5.57. The van der Waals surface area contributed by atoms with Crippen LogP contribution in [0.1, 0.15) is 54.7 Å². The van der Waals surface area contributed by atoms with Gasteiger partial charge in [0.05, 0.1) is 10.1 Å². The number of sulfone groups is 1. The van der Waals surface area contributed by atoms with Crippen molar-refractivity contribution in [1.82, 2.24) is 4.90 Å². The molecule has 2 aliphatic rings. The number of carbonyl (C=O) groups is 1. The van der Waals surface area contributed by atoms with Crippen molar-refractivity contribution < 1.29 is 13.2 Å². The molecule has 0 aromatic heterocycles. The molecule has 2 saturated carbocycles. The Kier molecular flexibility index (Phi) is 6.56. The monoisotopic (exact) mass is 504 g/mol. The Morgan fingerprint density at radius 2 is 1.81 bits per heavy atom. The number of aryl methyl sites for hydroxylation is 1. The van der Waals surface area contributed by atoms with Crippen LogP contribution in [0.4, 0.5) is 5.69 Å². The van der Waals surface area contributed by atoms with Gasteiger partial charge in [-0.2, -0.15) is 0 Å². The maximum atomic E-state index is 12.8. The number of benzene rings is 2. The van der Waals surface area contributed by atoms with Crippen molar-refractivity contribution in [3.05, 3.63) is 57.6 Å². The minimum absolute atomic E-state index is 0.0599. The number of nitrogens with zero attached hydrogens (tertiary/aromatic N) is 1. The van der Waals surface area contributed by atoms with Gasteiger partial charge < -0.3 is 10.2 Å². The summed E-state index contributed by atoms with van der Waals surface area (Å²) in [6.07, 6.45) is 5.01. The highest BCUT2D eigenvalue weighted by Crippen LogP contribution is 2.42. The van der Waals surface area contributed by atoms with Crippen LogP contribution in [-0.4, -0.2) is 38.6 Å². The fraction of sp³-hybridized carbons (Fsp3) is 0.458. The Hall–Kier alpha value is -1.70. The lowest BCUT2D eigenvalue weighted by Gasteiger charge is -2.16. The summed E-state index contributed by atoms with van der Waals surface area (Å²) in [6.45, 7) is 0.508. The predicted molar refractivity (Wildman–Crippen MR) is 127 cm³/mol. The summed E-state index contributed by atoms with van der Waals surface area (Å²) in [7, 11) is 0.533. The van der Waals surface area contributed by atoms with Crippen LogP contribution in [0.25, 0.3) is 0 Å². The lowest BCUT2D eigenvalue weighted by molar-refractivity contribution is -0.116. The lowest BCUT2D eigenvalue weighted by Crippen LogP contribution is -2.18. The van der Waals surface area contributed by atoms with Gasteiger partial charge in [-0.15, -0.1) is 0 Å². The topological polar surface area (TPSA) is 66.5 Å². The summed E-state index contributed by atoms with van der Waals surface area (Å²) in [5.41, 5.74) is 3.97. The first-order chi connectivity index (χ1) is 14.7. The zero-order chi connectivity index (χ0) is 22.2. The van der Waals surface area contributed by atoms with Gasteiger partial charge in [0.1, 0.15) is 0 Å². The van der Waals surface area contributed by atoms with E-state index in [1.54, 1.807) is 12.1 Å². The van der Waals surface area contributed by atoms with Gasteiger partial charge in [0, 0.05) is 23.1 Å². The molecule has 7 heteroatoms. The summed E-state index contributed by atoms with van der Waals surface area (Å²) in [4.78, 5) is 15.0. The van der Waals surface area contributed by atoms with Crippen LogP contribution in [0.15, 0.2) is 45.8 Å². The number of amides is 1. The van der Waals surface area contributed by atoms with E-state index >= 15 is 0 Å². The number of nitrogens with one attached hydrogen (secondary N) is 1. The highest BCUT2D eigenvalue weighted by atomic mass is 79.9. The average Bonchev–Trinajstić information content (AvgIpc) is 3.58. The number of carbonyl (C=O) groups excluding carboxylic acids is 1. The fourth-order valence-electron chi connectivity index (χ4n) is 4.01. The van der Waals surface area contributed by atoms with Gasteiger partial charge in [-0.25, -0.2) is 8.42 Å². The predicted octanol–water partition coefficient (Wildman–Crippen LogP) is 4.90. The first kappa shape index (κ1) is 22.5. The molecule has 1 amide bonds. The van der Waals surface area contributed by atoms with Crippen LogP contribution in [-0.2, 0) is 27.6 Å². The largest absolute Gasteiger partial charge is 0.326 e. The van der Waals surface area contributed by atoms with Crippen molar-refractivity contribution >= 4 is 37.4 Å². The van der Waals surface area contributed by atoms with Crippen molar-refractivity contribution in [3.63, 3.8) is 0 Å². The Morgan fingerprint density at radius 3 is 2.45 bits per heavy atom. The standard InChI is InChI=1S/C24H29BrN2O3S/c1-27(2)15-18-14-20(7-11-23(18)31(29,30)21-8-9-21)26-24(28)12-5-17-13-19(25)6-10-22(17)16-3-4-16/h6-7,10-11,13-14,16,21H,3-5,8-9,12,15H2,1-2H3,(H,26,28). The summed E-state index contributed by atoms with van der Waals surface area (Å²) in [5, 5.41) is 2.71. The second-order valence-electron chi connectivity index (χ2n) is 8.97. The molecule has 0 spiro atoms. The van der Waals surface area contributed by atoms with Gasteiger partial charge >= 0.3 is 0 Å². The van der Waals surface area contributed by atoms with E-state index in [4.69, 9.17) is 0 Å². The van der Waals surface area contributed by atoms with E-state index in [2.05, 4.69) is 39.4 Å². The van der Waals surface area contributed by atoms with Gasteiger partial charge in [-0.05, 0) is 99.1 Å². The van der Waals surface area contributed by atoms with E-state index in [0.717, 1.165) is 22.9 Å². The molecule has 0 heterocycles. The van der Waals surface area contributed by atoms with Crippen molar-refractivity contribution in [2.75, 3.05) is 19.4 Å². The van der Waals surface area contributed by atoms with Gasteiger partial charge in [-0.3, -0.25) is 4.79 Å². The van der Waals surface area contributed by atoms with Gasteiger partial charge in [0.2, 0.25) is 5.91 Å². The number of hydrogen-bond acceptors (Lipinski definition) is 4. The van der Waals surface area contributed by atoms with E-state index < -0.39 is 9.84 Å². The van der Waals surface area contributed by atoms with Crippen LogP contribution in [0, 0.1) is 0 Å². The molecule has 2 aliphatic carbocycles. The molecule has 2 fully saturated rings. The van der Waals surface area contributed by atoms with Gasteiger partial charge in [0.15, 0.2) is 9.84 Å². The molecule has 0 bridgehead atoms. The molecule has 0 aliphatic heterocycles. The molecule has 2 aromatic rings. The first-order valence-electron chi connectivity index (χ1n) is 10.8. The molecule has 0 radical (unpaired) electrons. The molecule has 31 heavy (non-hydrogen) atoms. The Balaban J connectivity index is 1.46. The Labute approximate surface area is 193 Å². The number of rotatable bonds is 9. The molecule has 0 unspecified atom stereocenters. The molecular weight excluding hydrogens is 476 g/mol. The van der Waals surface area contributed by atoms with Crippen LogP contribution in [0.5, 0.6) is 0 Å². The molecule has 0 atom stereocenters. The zero-order valence-electron chi connectivity index (χ0n) is 18.0. The summed E-state index contributed by atoms with van der Waals surface area (Å²) in [5.74, 6) is 0.580. The minimum atomic E-state index is -3.29. The normalized spacial score (nSPS) is 16.5. The van der Waals surface area contributed by atoms with E-state index in [-0.39, 0.29) is 11.2 Å². The minimum Gasteiger partial charge on any atom is -0.326 e. The number of hydrogen-bond donors (Lipinski definition) is 1. The molecular formula is C24H29BrN2O3S. The van der Waals surface area contributed by atoms with Crippen LogP contribution in [0.2, 0.25) is 0 Å². The number of halogens is 1. The number of anilines is 1. The zero-order valence-corrected chi connectivity index (χ0v) is 20.4. The summed E-state index contributed by atoms with van der Waals surface area (Å²) < 4.78 is 26.6. The third-order valence-corrected chi connectivity index (χ3v) is 8.70. The van der Waals surface area contributed by atoms with Gasteiger partial charge in [-0.1, -0.05) is 22.0 Å². The second kappa shape index (κ2) is 9.04. The van der Waals surface area contributed by atoms with Crippen molar-refractivity contribution in [3.8, 4) is 0 Å². The summed E-state index contributed by atoms with van der Waals surface area (Å²) >= 11 is 3.54. The van der Waals surface area contributed by atoms with E-state index in [9.17, 15) is 13.2 Å². The van der Waals surface area contributed by atoms with Crippen LogP contribution >= 0.6 is 15.9 Å². The van der Waals surface area contributed by atoms with E-state index in [0.29, 0.717) is 35.9 Å². The smallest absolute Gasteiger partial charge is 0.224 e. The van der Waals surface area contributed by atoms with Gasteiger partial charge in [0.25, 0.3) is 0 Å². The highest BCUT2D eigenvalue weighted by molar-refractivity contribution is 9.10. The summed E-state index contributed by atoms with van der Waals surface area (Å²) in [6, 6.07) is 11.5. The third-order valence-electron chi connectivity index (χ3n) is 5.84. The van der Waals surface area contributed by atoms with Crippen LogP contribution in [0.3, 0.4) is 0 Å². The van der Waals surface area contributed by atoms with Crippen LogP contribution < -0.4 is 5.32 Å². The molecule has 4 rings (SSSR count). The van der Waals surface area contributed by atoms with Crippen molar-refractivity contribution in [2.24, 2.45) is 0 Å². The van der Waals surface area contributed by atoms with E-state index in [1.165, 1.54) is 24.0 Å². The molecule has 2 aromatic carbocycles. The Morgan fingerprint density at radius 1 is 1.06 bits per heavy atom. The quantitative estimate of drug-likeness (QED) is 0.527. The Bertz CT molecular complexity index is 1090. The van der Waals surface area contributed by atoms with Crippen molar-refractivity contribution in [1.29, 1.82) is 0 Å². The molecule has 1 N–H and O–H groups in total. The van der Waals surface area contributed by atoms with E-state index in [1.807, 2.05) is 25.1 Å². The molecule has 5 nitrogen and oxygen atoms in total. The average molecular weight is 505 g/mol. The SMILES string of the molecule is CN(C)Cc1cc(NC(=O)CCc2cc(Br)ccc2C2CC2)ccc1S(=O)(=O)C1CC1. The maximum absolute atomic E-state index is 12.8. The van der Waals surface area contributed by atoms with Crippen molar-refractivity contribution in [2.45, 2.75) is 61.1 Å². The first-order valence-corrected chi connectivity index (χ1v) is 13.2. The maximum Gasteiger partial charge on any atom is 0.224 e. The second-order valence-corrected chi connectivity index (χ2v) is 12.1. The highest BCUT2D eigenvalue weighted by Gasteiger charge is 2.38. The fourth-order valence-corrected chi connectivity index (χ4v) is 6.28. The molecule has 0 saturated heterocycles. The lowest BCUT2D eigenvalue weighted by atomic mass is 9.99. The molecule has 166 valence electrons.